The maximum atomic E-state index is 14.1. The van der Waals surface area contributed by atoms with Gasteiger partial charge in [0.25, 0.3) is 5.89 Å². The van der Waals surface area contributed by atoms with Crippen molar-refractivity contribution < 1.29 is 26.4 Å². The van der Waals surface area contributed by atoms with Gasteiger partial charge in [0.15, 0.2) is 5.11 Å². The number of alkyl halides is 3. The van der Waals surface area contributed by atoms with Gasteiger partial charge in [-0.25, -0.2) is 18.7 Å². The number of thiocarbonyl (C=S) groups is 1. The van der Waals surface area contributed by atoms with Gasteiger partial charge in [-0.2, -0.15) is 13.2 Å². The largest absolute Gasteiger partial charge is 0.416 e. The second-order valence-electron chi connectivity index (χ2n) is 10.7. The first kappa shape index (κ1) is 31.4. The average molecular weight is 631 g/mol. The summed E-state index contributed by atoms with van der Waals surface area (Å²) in [5.74, 6) is -0.409. The number of aryl methyl sites for hydroxylation is 2. The highest BCUT2D eigenvalue weighted by Crippen LogP contribution is 2.38. The van der Waals surface area contributed by atoms with Gasteiger partial charge in [0.2, 0.25) is 5.89 Å². The van der Waals surface area contributed by atoms with E-state index in [0.29, 0.717) is 55.0 Å². The third-order valence-corrected chi connectivity index (χ3v) is 8.15. The molecule has 0 radical (unpaired) electrons. The summed E-state index contributed by atoms with van der Waals surface area (Å²) in [6, 6.07) is 3.62. The number of hydrogen-bond acceptors (Lipinski definition) is 6. The topological polar surface area (TPSA) is 80.0 Å². The molecule has 1 aliphatic heterocycles. The molecule has 3 aromatic rings. The van der Waals surface area contributed by atoms with Gasteiger partial charge in [0.05, 0.1) is 22.5 Å². The van der Waals surface area contributed by atoms with Crippen LogP contribution in [0.15, 0.2) is 52.0 Å². The van der Waals surface area contributed by atoms with E-state index in [-0.39, 0.29) is 46.9 Å². The van der Waals surface area contributed by atoms with E-state index < -0.39 is 23.4 Å². The lowest BCUT2D eigenvalue weighted by Gasteiger charge is -2.34. The SMILES string of the molecule is CCC1=CC=C(c2nnc(-c3c(C)nc(C)nc3C3CCN(C(=S)Nc4c(F)cccc4F)CC3)o2)CCC=C1C(F)(F)F. The molecule has 44 heavy (non-hydrogen) atoms. The van der Waals surface area contributed by atoms with Crippen LogP contribution >= 0.6 is 12.2 Å². The number of aromatic nitrogens is 4. The molecule has 7 nitrogen and oxygen atoms in total. The molecule has 2 aromatic heterocycles. The van der Waals surface area contributed by atoms with Gasteiger partial charge in [-0.15, -0.1) is 10.2 Å². The van der Waals surface area contributed by atoms with Crippen molar-refractivity contribution in [3.05, 3.63) is 82.3 Å². The first-order valence-corrected chi connectivity index (χ1v) is 14.7. The minimum absolute atomic E-state index is 0.00780. The van der Waals surface area contributed by atoms with Gasteiger partial charge in [0.1, 0.15) is 23.1 Å². The van der Waals surface area contributed by atoms with Crippen molar-refractivity contribution in [2.24, 2.45) is 0 Å². The van der Waals surface area contributed by atoms with E-state index in [1.807, 2.05) is 11.8 Å². The van der Waals surface area contributed by atoms with Crippen LogP contribution in [0.3, 0.4) is 0 Å². The van der Waals surface area contributed by atoms with Crippen molar-refractivity contribution in [3.63, 3.8) is 0 Å². The first-order valence-electron chi connectivity index (χ1n) is 14.3. The first-order chi connectivity index (χ1) is 21.0. The van der Waals surface area contributed by atoms with Crippen LogP contribution in [0.5, 0.6) is 0 Å². The quantitative estimate of drug-likeness (QED) is 0.225. The Hall–Kier alpha value is -4.00. The van der Waals surface area contributed by atoms with E-state index in [1.54, 1.807) is 19.9 Å². The van der Waals surface area contributed by atoms with Crippen molar-refractivity contribution in [1.29, 1.82) is 0 Å². The summed E-state index contributed by atoms with van der Waals surface area (Å²) in [4.78, 5) is 11.1. The van der Waals surface area contributed by atoms with Crippen LogP contribution in [-0.4, -0.2) is 49.4 Å². The fourth-order valence-corrected chi connectivity index (χ4v) is 5.86. The average Bonchev–Trinajstić information content (AvgIpc) is 3.43. The molecule has 5 rings (SSSR count). The molecule has 13 heteroatoms. The minimum Gasteiger partial charge on any atom is -0.416 e. The highest BCUT2D eigenvalue weighted by molar-refractivity contribution is 7.80. The van der Waals surface area contributed by atoms with Gasteiger partial charge in [-0.3, -0.25) is 0 Å². The zero-order chi connectivity index (χ0) is 31.6. The molecule has 1 saturated heterocycles. The summed E-state index contributed by atoms with van der Waals surface area (Å²) < 4.78 is 74.9. The Kier molecular flexibility index (Phi) is 9.23. The lowest BCUT2D eigenvalue weighted by atomic mass is 9.90. The van der Waals surface area contributed by atoms with Gasteiger partial charge >= 0.3 is 6.18 Å². The number of likely N-dealkylation sites (tertiary alicyclic amines) is 1. The van der Waals surface area contributed by atoms with Crippen LogP contribution in [0.4, 0.5) is 27.6 Å². The fraction of sp³-hybridized carbons (Fsp3) is 0.387. The van der Waals surface area contributed by atoms with Gasteiger partial charge < -0.3 is 14.6 Å². The maximum absolute atomic E-state index is 14.1. The fourth-order valence-electron chi connectivity index (χ4n) is 5.57. The minimum atomic E-state index is -4.42. The molecule has 1 fully saturated rings. The van der Waals surface area contributed by atoms with Crippen molar-refractivity contribution in [1.82, 2.24) is 25.1 Å². The summed E-state index contributed by atoms with van der Waals surface area (Å²) >= 11 is 5.45. The zero-order valence-corrected chi connectivity index (χ0v) is 25.3. The van der Waals surface area contributed by atoms with E-state index in [0.717, 1.165) is 17.8 Å². The predicted octanol–water partition coefficient (Wildman–Crippen LogP) is 8.00. The van der Waals surface area contributed by atoms with Crippen LogP contribution in [-0.2, 0) is 0 Å². The third-order valence-electron chi connectivity index (χ3n) is 7.79. The molecule has 0 spiro atoms. The van der Waals surface area contributed by atoms with E-state index in [4.69, 9.17) is 21.6 Å². The molecule has 3 heterocycles. The molecule has 0 atom stereocenters. The van der Waals surface area contributed by atoms with E-state index in [2.05, 4.69) is 20.5 Å². The molecule has 0 saturated carbocycles. The van der Waals surface area contributed by atoms with Crippen LogP contribution in [0.1, 0.15) is 68.0 Å². The van der Waals surface area contributed by atoms with Gasteiger partial charge in [0, 0.05) is 24.6 Å². The molecular weight excluding hydrogens is 599 g/mol. The summed E-state index contributed by atoms with van der Waals surface area (Å²) in [6.07, 6.45) is 1.89. The number of anilines is 1. The summed E-state index contributed by atoms with van der Waals surface area (Å²) in [7, 11) is 0. The maximum Gasteiger partial charge on any atom is 0.416 e. The van der Waals surface area contributed by atoms with Gasteiger partial charge in [-0.1, -0.05) is 31.2 Å². The number of halogens is 5. The van der Waals surface area contributed by atoms with Gasteiger partial charge in [-0.05, 0) is 75.9 Å². The Morgan fingerprint density at radius 3 is 2.39 bits per heavy atom. The smallest absolute Gasteiger partial charge is 0.416 e. The Balaban J connectivity index is 1.36. The predicted molar refractivity (Wildman–Crippen MR) is 161 cm³/mol. The number of rotatable bonds is 5. The molecule has 2 aliphatic rings. The van der Waals surface area contributed by atoms with Crippen LogP contribution < -0.4 is 5.32 Å². The number of para-hydroxylation sites is 1. The standard InChI is InChI=1S/C31H31F5N6OS/c1-4-19-11-12-21(7-5-8-22(19)31(34,35)36)28-40-41-29(43-28)25-17(2)37-18(3)38-26(25)20-13-15-42(16-14-20)30(44)39-27-23(32)9-6-10-24(27)33/h6,8-12,20H,4-5,7,13-16H2,1-3H3,(H,39,44). The second kappa shape index (κ2) is 12.9. The second-order valence-corrected chi connectivity index (χ2v) is 11.1. The van der Waals surface area contributed by atoms with Crippen molar-refractivity contribution in [3.8, 4) is 11.5 Å². The van der Waals surface area contributed by atoms with E-state index in [9.17, 15) is 22.0 Å². The monoisotopic (exact) mass is 630 g/mol. The number of nitrogens with zero attached hydrogens (tertiary/aromatic N) is 5. The molecule has 0 unspecified atom stereocenters. The summed E-state index contributed by atoms with van der Waals surface area (Å²) in [5, 5.41) is 11.5. The Morgan fingerprint density at radius 1 is 1.05 bits per heavy atom. The van der Waals surface area contributed by atoms with Crippen molar-refractivity contribution in [2.45, 2.75) is 65.0 Å². The lowest BCUT2D eigenvalue weighted by Crippen LogP contribution is -2.41. The lowest BCUT2D eigenvalue weighted by molar-refractivity contribution is -0.0898. The molecule has 1 N–H and O–H groups in total. The molecule has 1 aromatic carbocycles. The molecule has 0 bridgehead atoms. The highest BCUT2D eigenvalue weighted by atomic mass is 32.1. The van der Waals surface area contributed by atoms with E-state index >= 15 is 0 Å². The molecule has 0 amide bonds. The summed E-state index contributed by atoms with van der Waals surface area (Å²) in [6.45, 7) is 6.37. The Morgan fingerprint density at radius 2 is 1.73 bits per heavy atom. The molecule has 232 valence electrons. The number of allylic oxidation sites excluding steroid dienone is 6. The van der Waals surface area contributed by atoms with Crippen LogP contribution in [0.25, 0.3) is 17.0 Å². The summed E-state index contributed by atoms with van der Waals surface area (Å²) in [5.41, 5.74) is 1.97. The number of hydrogen-bond donors (Lipinski definition) is 1. The third kappa shape index (κ3) is 6.72. The highest BCUT2D eigenvalue weighted by Gasteiger charge is 2.35. The van der Waals surface area contributed by atoms with Crippen LogP contribution in [0.2, 0.25) is 0 Å². The van der Waals surface area contributed by atoms with Crippen molar-refractivity contribution in [2.75, 3.05) is 18.4 Å². The Labute approximate surface area is 257 Å². The molecule has 1 aliphatic carbocycles. The normalized spacial score (nSPS) is 16.5. The number of piperidine rings is 1. The zero-order valence-electron chi connectivity index (χ0n) is 24.4. The number of nitrogens with one attached hydrogen (secondary N) is 1. The van der Waals surface area contributed by atoms with Crippen LogP contribution in [0, 0.1) is 25.5 Å². The Bertz CT molecular complexity index is 1630. The van der Waals surface area contributed by atoms with E-state index in [1.165, 1.54) is 18.2 Å². The number of benzene rings is 1. The molecular formula is C31H31F5N6OS. The van der Waals surface area contributed by atoms with Crippen molar-refractivity contribution >= 4 is 28.6 Å².